The Morgan fingerprint density at radius 1 is 1.14 bits per heavy atom. The molecule has 1 heterocycles. The van der Waals surface area contributed by atoms with Crippen molar-refractivity contribution in [1.82, 2.24) is 20.8 Å². The van der Waals surface area contributed by atoms with Crippen molar-refractivity contribution in [1.29, 1.82) is 0 Å². The van der Waals surface area contributed by atoms with Gasteiger partial charge in [-0.15, -0.1) is 0 Å². The minimum atomic E-state index is -0.534. The van der Waals surface area contributed by atoms with Gasteiger partial charge in [0.2, 0.25) is 5.91 Å². The fraction of sp³-hybridized carbons (Fsp3) is 0.269. The van der Waals surface area contributed by atoms with E-state index in [0.717, 1.165) is 22.4 Å². The van der Waals surface area contributed by atoms with Crippen molar-refractivity contribution in [2.45, 2.75) is 19.4 Å². The molecule has 3 rings (SSSR count). The number of aromatic nitrogens is 2. The lowest BCUT2D eigenvalue weighted by molar-refractivity contribution is -0.133. The van der Waals surface area contributed by atoms with E-state index in [-0.39, 0.29) is 25.7 Å². The molecule has 0 saturated heterocycles. The molecule has 0 saturated carbocycles. The number of amides is 2. The van der Waals surface area contributed by atoms with Crippen molar-refractivity contribution in [2.75, 3.05) is 20.5 Å². The molecule has 0 aliphatic rings. The molecule has 2 unspecified atom stereocenters. The van der Waals surface area contributed by atoms with Gasteiger partial charge in [0.25, 0.3) is 5.91 Å². The maximum Gasteiger partial charge on any atom is 0.251 e. The third-order valence-corrected chi connectivity index (χ3v) is 5.24. The van der Waals surface area contributed by atoms with E-state index in [4.69, 9.17) is 14.7 Å². The summed E-state index contributed by atoms with van der Waals surface area (Å²) in [6.45, 7) is 1.87. The number of hydrogen-bond acceptors (Lipinski definition) is 6. The van der Waals surface area contributed by atoms with Gasteiger partial charge in [-0.1, -0.05) is 37.0 Å². The minimum absolute atomic E-state index is 0.0591. The van der Waals surface area contributed by atoms with E-state index >= 15 is 0 Å². The zero-order valence-corrected chi connectivity index (χ0v) is 19.6. The maximum absolute atomic E-state index is 12.8. The van der Waals surface area contributed by atoms with Crippen LogP contribution in [0.4, 0.5) is 0 Å². The van der Waals surface area contributed by atoms with Gasteiger partial charge in [-0.05, 0) is 36.8 Å². The van der Waals surface area contributed by atoms with Gasteiger partial charge in [-0.3, -0.25) is 14.8 Å². The first-order chi connectivity index (χ1) is 17.0. The summed E-state index contributed by atoms with van der Waals surface area (Å²) in [6.07, 6.45) is 3.72. The van der Waals surface area contributed by atoms with Crippen LogP contribution in [0.25, 0.3) is 11.3 Å². The second-order valence-electron chi connectivity index (χ2n) is 7.89. The van der Waals surface area contributed by atoms with Crippen LogP contribution in [0.15, 0.2) is 61.1 Å². The van der Waals surface area contributed by atoms with Crippen molar-refractivity contribution in [2.24, 2.45) is 5.92 Å². The lowest BCUT2D eigenvalue weighted by Crippen LogP contribution is -2.41. The number of H-pyrrole nitrogens is 1. The molecule has 0 spiro atoms. The average Bonchev–Trinajstić information content (AvgIpc) is 3.42. The van der Waals surface area contributed by atoms with Gasteiger partial charge >= 0.3 is 0 Å². The molecule has 1 aromatic heterocycles. The molecular weight excluding hydrogens is 448 g/mol. The Labute approximate surface area is 203 Å². The number of carbonyl (C=O) groups is 2. The minimum Gasteiger partial charge on any atom is -0.359 e. The largest absolute Gasteiger partial charge is 0.359 e. The third kappa shape index (κ3) is 7.52. The highest BCUT2D eigenvalue weighted by atomic mass is 16.7. The molecule has 9 nitrogen and oxygen atoms in total. The molecule has 0 fully saturated rings. The highest BCUT2D eigenvalue weighted by molar-refractivity contribution is 5.94. The molecule has 0 aliphatic heterocycles. The van der Waals surface area contributed by atoms with Crippen LogP contribution in [0.1, 0.15) is 34.8 Å². The number of aromatic amines is 1. The highest BCUT2D eigenvalue weighted by Crippen LogP contribution is 2.20. The van der Waals surface area contributed by atoms with Crippen LogP contribution in [-0.2, 0) is 14.3 Å². The van der Waals surface area contributed by atoms with Gasteiger partial charge in [0, 0.05) is 41.5 Å². The van der Waals surface area contributed by atoms with Gasteiger partial charge in [0.15, 0.2) is 0 Å². The van der Waals surface area contributed by atoms with Crippen molar-refractivity contribution in [3.63, 3.8) is 0 Å². The summed E-state index contributed by atoms with van der Waals surface area (Å²) in [4.78, 5) is 31.7. The number of benzene rings is 2. The van der Waals surface area contributed by atoms with E-state index < -0.39 is 17.9 Å². The Kier molecular flexibility index (Phi) is 9.57. The number of hydrogen-bond donors (Lipinski definition) is 4. The number of nitrogens with one attached hydrogen (secondary N) is 3. The normalized spacial score (nSPS) is 12.2. The van der Waals surface area contributed by atoms with Crippen LogP contribution in [0.5, 0.6) is 0 Å². The van der Waals surface area contributed by atoms with E-state index in [2.05, 4.69) is 27.1 Å². The predicted molar refractivity (Wildman–Crippen MR) is 129 cm³/mol. The molecular formula is C26H28N4O5. The molecule has 0 radical (unpaired) electrons. The zero-order valence-electron chi connectivity index (χ0n) is 19.6. The number of hydroxylamine groups is 1. The smallest absolute Gasteiger partial charge is 0.251 e. The van der Waals surface area contributed by atoms with Crippen molar-refractivity contribution < 1.29 is 24.3 Å². The lowest BCUT2D eigenvalue weighted by atomic mass is 10.0. The molecule has 0 aliphatic carbocycles. The van der Waals surface area contributed by atoms with Crippen LogP contribution in [-0.4, -0.2) is 53.5 Å². The topological polar surface area (TPSA) is 126 Å². The van der Waals surface area contributed by atoms with Crippen LogP contribution in [0.2, 0.25) is 0 Å². The number of imidazole rings is 1. The first-order valence-electron chi connectivity index (χ1n) is 11.0. The van der Waals surface area contributed by atoms with Gasteiger partial charge in [0.1, 0.15) is 6.79 Å². The first kappa shape index (κ1) is 25.6. The second kappa shape index (κ2) is 13.1. The van der Waals surface area contributed by atoms with E-state index in [0.29, 0.717) is 5.56 Å². The zero-order chi connectivity index (χ0) is 25.0. The first-order valence-corrected chi connectivity index (χ1v) is 11.0. The van der Waals surface area contributed by atoms with Crippen molar-refractivity contribution in [3.05, 3.63) is 77.7 Å². The van der Waals surface area contributed by atoms with Crippen LogP contribution in [0.3, 0.4) is 0 Å². The van der Waals surface area contributed by atoms with E-state index in [9.17, 15) is 9.59 Å². The van der Waals surface area contributed by atoms with Crippen LogP contribution >= 0.6 is 0 Å². The summed E-state index contributed by atoms with van der Waals surface area (Å²) < 4.78 is 10.2. The van der Waals surface area contributed by atoms with Crippen molar-refractivity contribution >= 4 is 11.8 Å². The molecule has 4 N–H and O–H groups in total. The molecule has 0 bridgehead atoms. The molecule has 3 aromatic rings. The van der Waals surface area contributed by atoms with Gasteiger partial charge in [0.05, 0.1) is 24.7 Å². The summed E-state index contributed by atoms with van der Waals surface area (Å²) in [6, 6.07) is 14.2. The van der Waals surface area contributed by atoms with Gasteiger partial charge in [-0.2, -0.15) is 0 Å². The SMILES string of the molecule is COCOCC(CC(C)C(=O)NO)NC(=O)c1ccc(C#Cc2ccccc2-c2c[nH]cn2)cc1. The summed E-state index contributed by atoms with van der Waals surface area (Å²) >= 11 is 0. The summed E-state index contributed by atoms with van der Waals surface area (Å²) in [7, 11) is 1.50. The third-order valence-electron chi connectivity index (χ3n) is 5.24. The Balaban J connectivity index is 1.68. The lowest BCUT2D eigenvalue weighted by Gasteiger charge is -2.21. The number of nitrogens with zero attached hydrogens (tertiary/aromatic N) is 1. The summed E-state index contributed by atoms with van der Waals surface area (Å²) in [5.74, 6) is 4.93. The maximum atomic E-state index is 12.8. The fourth-order valence-electron chi connectivity index (χ4n) is 3.42. The number of carbonyl (C=O) groups excluding carboxylic acids is 2. The number of rotatable bonds is 10. The monoisotopic (exact) mass is 476 g/mol. The molecule has 2 atom stereocenters. The van der Waals surface area contributed by atoms with E-state index in [1.54, 1.807) is 43.0 Å². The number of methoxy groups -OCH3 is 1. The second-order valence-corrected chi connectivity index (χ2v) is 7.89. The van der Waals surface area contributed by atoms with Crippen LogP contribution < -0.4 is 10.8 Å². The summed E-state index contributed by atoms with van der Waals surface area (Å²) in [5.41, 5.74) is 5.43. The van der Waals surface area contributed by atoms with Gasteiger partial charge in [-0.25, -0.2) is 10.5 Å². The molecule has 2 aromatic carbocycles. The number of ether oxygens (including phenoxy) is 2. The molecule has 9 heteroatoms. The van der Waals surface area contributed by atoms with E-state index in [1.165, 1.54) is 7.11 Å². The molecule has 182 valence electrons. The fourth-order valence-corrected chi connectivity index (χ4v) is 3.42. The molecule has 2 amide bonds. The highest BCUT2D eigenvalue weighted by Gasteiger charge is 2.21. The standard InChI is InChI=1S/C26H28N4O5/c1-18(25(31)30-33)13-22(15-35-17-34-2)29-26(32)21-11-8-19(9-12-21)7-10-20-5-3-4-6-23(20)24-14-27-16-28-24/h3-6,8-9,11-12,14,16,18,22,33H,13,15,17H2,1-2H3,(H,27,28)(H,29,32)(H,30,31). The summed E-state index contributed by atoms with van der Waals surface area (Å²) in [5, 5.41) is 11.7. The Bertz CT molecular complexity index is 1170. The quantitative estimate of drug-likeness (QED) is 0.117. The van der Waals surface area contributed by atoms with Crippen molar-refractivity contribution in [3.8, 4) is 23.1 Å². The Morgan fingerprint density at radius 2 is 1.91 bits per heavy atom. The Hall–Kier alpha value is -3.97. The predicted octanol–water partition coefficient (Wildman–Crippen LogP) is 2.73. The van der Waals surface area contributed by atoms with Gasteiger partial charge < -0.3 is 19.8 Å². The average molecular weight is 477 g/mol. The Morgan fingerprint density at radius 3 is 2.60 bits per heavy atom. The molecule has 35 heavy (non-hydrogen) atoms. The van der Waals surface area contributed by atoms with Crippen LogP contribution in [0, 0.1) is 17.8 Å². The van der Waals surface area contributed by atoms with E-state index in [1.807, 2.05) is 30.5 Å².